The van der Waals surface area contributed by atoms with E-state index < -0.39 is 12.5 Å². The van der Waals surface area contributed by atoms with Crippen LogP contribution in [-0.4, -0.2) is 34.2 Å². The Labute approximate surface area is 229 Å². The number of aliphatic imine (C=N–C) groups is 1. The minimum atomic E-state index is -1.26. The van der Waals surface area contributed by atoms with Gasteiger partial charge in [-0.05, 0) is 91.8 Å². The number of carbonyl (C=O) groups is 1. The predicted octanol–water partition coefficient (Wildman–Crippen LogP) is 6.08. The van der Waals surface area contributed by atoms with E-state index in [2.05, 4.69) is 46.8 Å². The number of ketones is 1. The summed E-state index contributed by atoms with van der Waals surface area (Å²) in [5.41, 5.74) is 2.04. The Kier molecular flexibility index (Phi) is 5.25. The molecule has 204 valence electrons. The summed E-state index contributed by atoms with van der Waals surface area (Å²) >= 11 is 0. The third-order valence-corrected chi connectivity index (χ3v) is 13.4. The average Bonchev–Trinajstić information content (AvgIpc) is 3.57. The number of rotatable bonds is 3. The number of hydrogen-bond donors (Lipinski definition) is 2. The fraction of sp³-hybridized carbons (Fsp3) is 0.781. The highest BCUT2D eigenvalue weighted by Gasteiger charge is 2.79. The van der Waals surface area contributed by atoms with Gasteiger partial charge in [-0.2, -0.15) is 5.26 Å². The summed E-state index contributed by atoms with van der Waals surface area (Å²) in [6.07, 6.45) is 13.3. The summed E-state index contributed by atoms with van der Waals surface area (Å²) < 4.78 is 0. The lowest BCUT2D eigenvalue weighted by Gasteiger charge is -2.69. The maximum absolute atomic E-state index is 13.3. The minimum absolute atomic E-state index is 0.00948. The fourth-order valence-corrected chi connectivity index (χ4v) is 11.0. The van der Waals surface area contributed by atoms with Crippen molar-refractivity contribution >= 4 is 18.6 Å². The Balaban J connectivity index is 1.50. The van der Waals surface area contributed by atoms with Gasteiger partial charge in [-0.3, -0.25) is 9.79 Å². The molecule has 6 heteroatoms. The van der Waals surface area contributed by atoms with Gasteiger partial charge in [0.15, 0.2) is 5.78 Å². The van der Waals surface area contributed by atoms with Gasteiger partial charge in [-0.15, -0.1) is 0 Å². The summed E-state index contributed by atoms with van der Waals surface area (Å²) in [5, 5.41) is 29.6. The summed E-state index contributed by atoms with van der Waals surface area (Å²) in [7, 11) is -1.26. The highest BCUT2D eigenvalue weighted by Crippen LogP contribution is 2.79. The van der Waals surface area contributed by atoms with Crippen LogP contribution < -0.4 is 0 Å². The van der Waals surface area contributed by atoms with Crippen molar-refractivity contribution in [3.8, 4) is 6.07 Å². The normalized spacial score (nSPS) is 47.5. The molecule has 6 aliphatic rings. The van der Waals surface area contributed by atoms with Crippen LogP contribution in [0.1, 0.15) is 99.8 Å². The Morgan fingerprint density at radius 1 is 1.03 bits per heavy atom. The zero-order valence-corrected chi connectivity index (χ0v) is 24.4. The fourth-order valence-electron chi connectivity index (χ4n) is 11.0. The molecule has 2 N–H and O–H groups in total. The molecule has 0 aromatic carbocycles. The molecule has 1 aliphatic heterocycles. The number of fused-ring (bicyclic) bond motifs is 5. The van der Waals surface area contributed by atoms with E-state index in [1.807, 2.05) is 19.9 Å². The zero-order chi connectivity index (χ0) is 27.7. The third-order valence-electron chi connectivity index (χ3n) is 13.4. The van der Waals surface area contributed by atoms with Crippen molar-refractivity contribution in [1.82, 2.24) is 0 Å². The number of nitrogens with zero attached hydrogens (tertiary/aromatic N) is 2. The molecule has 0 aromatic heterocycles. The van der Waals surface area contributed by atoms with Crippen molar-refractivity contribution in [3.05, 3.63) is 23.3 Å². The van der Waals surface area contributed by atoms with Crippen molar-refractivity contribution in [2.45, 2.75) is 112 Å². The first-order valence-corrected chi connectivity index (χ1v) is 14.9. The first-order valence-electron chi connectivity index (χ1n) is 14.9. The first kappa shape index (κ1) is 26.5. The van der Waals surface area contributed by atoms with Gasteiger partial charge in [0.25, 0.3) is 0 Å². The zero-order valence-electron chi connectivity index (χ0n) is 24.4. The molecule has 7 atom stereocenters. The number of hydrogen-bond acceptors (Lipinski definition) is 5. The van der Waals surface area contributed by atoms with E-state index in [1.54, 1.807) is 0 Å². The van der Waals surface area contributed by atoms with Gasteiger partial charge in [0, 0.05) is 16.2 Å². The SMILES string of the molecule is CC1(C)CC[C@]2(CCB(O)O)CC[C@@]3(C)[C@]4(C)CC[C@H]5C(C)(C)C(=O)C(C#N)=C[C@]5(C)C4=CC4=N[C@]43[C@@H]2C1. The van der Waals surface area contributed by atoms with Crippen molar-refractivity contribution in [2.24, 2.45) is 49.3 Å². The van der Waals surface area contributed by atoms with E-state index >= 15 is 0 Å². The minimum Gasteiger partial charge on any atom is -0.427 e. The molecule has 3 saturated carbocycles. The molecule has 5 aliphatic carbocycles. The molecule has 5 nitrogen and oxygen atoms in total. The van der Waals surface area contributed by atoms with Crippen LogP contribution in [0.2, 0.25) is 6.32 Å². The molecule has 0 unspecified atom stereocenters. The Bertz CT molecular complexity index is 1250. The highest BCUT2D eigenvalue weighted by molar-refractivity contribution is 6.40. The van der Waals surface area contributed by atoms with Crippen LogP contribution in [0.3, 0.4) is 0 Å². The van der Waals surface area contributed by atoms with E-state index in [9.17, 15) is 20.1 Å². The molecular formula is C32H45BN2O3. The number of Topliss-reactive ketones (excluding diaryl/α,β-unsaturated/α-hetero) is 1. The lowest BCUT2D eigenvalue weighted by Crippen LogP contribution is -2.68. The predicted molar refractivity (Wildman–Crippen MR) is 150 cm³/mol. The van der Waals surface area contributed by atoms with Gasteiger partial charge in [-0.25, -0.2) is 0 Å². The van der Waals surface area contributed by atoms with E-state index in [0.717, 1.165) is 44.9 Å². The average molecular weight is 517 g/mol. The summed E-state index contributed by atoms with van der Waals surface area (Å²) in [6.45, 7) is 16.1. The highest BCUT2D eigenvalue weighted by atomic mass is 16.4. The van der Waals surface area contributed by atoms with Crippen LogP contribution in [0.15, 0.2) is 28.3 Å². The molecule has 38 heavy (non-hydrogen) atoms. The molecular weight excluding hydrogens is 471 g/mol. The van der Waals surface area contributed by atoms with Gasteiger partial charge in [0.1, 0.15) is 11.6 Å². The Morgan fingerprint density at radius 3 is 2.37 bits per heavy atom. The molecule has 0 aromatic rings. The Morgan fingerprint density at radius 2 is 1.71 bits per heavy atom. The monoisotopic (exact) mass is 516 g/mol. The second-order valence-corrected chi connectivity index (χ2v) is 15.9. The van der Waals surface area contributed by atoms with Gasteiger partial charge in [-0.1, -0.05) is 60.1 Å². The van der Waals surface area contributed by atoms with Crippen LogP contribution in [0.5, 0.6) is 0 Å². The number of nitriles is 1. The largest absolute Gasteiger partial charge is 0.451 e. The lowest BCUT2D eigenvalue weighted by molar-refractivity contribution is -0.141. The van der Waals surface area contributed by atoms with Crippen LogP contribution in [0.25, 0.3) is 0 Å². The van der Waals surface area contributed by atoms with Crippen LogP contribution >= 0.6 is 0 Å². The lowest BCUT2D eigenvalue weighted by atomic mass is 9.33. The van der Waals surface area contributed by atoms with Gasteiger partial charge < -0.3 is 10.0 Å². The summed E-state index contributed by atoms with van der Waals surface area (Å²) in [4.78, 5) is 18.8. The van der Waals surface area contributed by atoms with Crippen molar-refractivity contribution in [1.29, 1.82) is 5.26 Å². The van der Waals surface area contributed by atoms with Crippen molar-refractivity contribution < 1.29 is 14.8 Å². The maximum Gasteiger partial charge on any atom is 0.451 e. The topological polar surface area (TPSA) is 93.7 Å². The van der Waals surface area contributed by atoms with E-state index in [-0.39, 0.29) is 44.3 Å². The van der Waals surface area contributed by atoms with Gasteiger partial charge in [0.05, 0.1) is 11.3 Å². The van der Waals surface area contributed by atoms with Crippen molar-refractivity contribution in [3.63, 3.8) is 0 Å². The van der Waals surface area contributed by atoms with E-state index in [1.165, 1.54) is 17.7 Å². The van der Waals surface area contributed by atoms with Crippen molar-refractivity contribution in [2.75, 3.05) is 0 Å². The maximum atomic E-state index is 13.3. The molecule has 3 fully saturated rings. The smallest absolute Gasteiger partial charge is 0.427 e. The molecule has 0 saturated heterocycles. The summed E-state index contributed by atoms with van der Waals surface area (Å²) in [6, 6.07) is 2.25. The molecule has 0 bridgehead atoms. The molecule has 1 heterocycles. The van der Waals surface area contributed by atoms with Crippen LogP contribution in [0, 0.1) is 55.7 Å². The van der Waals surface area contributed by atoms with Crippen LogP contribution in [0.4, 0.5) is 0 Å². The Hall–Kier alpha value is -1.71. The number of carbonyl (C=O) groups excluding carboxylic acids is 1. The summed E-state index contributed by atoms with van der Waals surface area (Å²) in [5.74, 6) is 0.558. The molecule has 0 radical (unpaired) electrons. The second kappa shape index (κ2) is 7.52. The number of allylic oxidation sites excluding steroid dienone is 3. The molecule has 1 spiro atoms. The standard InChI is InChI=1S/C32H45BN2O3/c1-26(2)10-12-31(14-15-33(37)38)13-11-30(7)29(6)9-8-21-27(3,4)25(36)20(19-34)17-28(21,5)22(29)16-24-32(30,35-24)23(31)18-26/h16-17,21,23,37-38H,8-15,18H2,1-7H3/t21-,23+,28-,29+,30-,31+,32+/m0/s1. The molecule has 0 amide bonds. The van der Waals surface area contributed by atoms with Gasteiger partial charge >= 0.3 is 7.12 Å². The van der Waals surface area contributed by atoms with Gasteiger partial charge in [0.2, 0.25) is 0 Å². The second-order valence-electron chi connectivity index (χ2n) is 15.9. The van der Waals surface area contributed by atoms with E-state index in [0.29, 0.717) is 17.8 Å². The third kappa shape index (κ3) is 2.96. The quantitative estimate of drug-likeness (QED) is 0.445. The first-order chi connectivity index (χ1) is 17.5. The van der Waals surface area contributed by atoms with E-state index in [4.69, 9.17) is 4.99 Å². The van der Waals surface area contributed by atoms with Crippen LogP contribution in [-0.2, 0) is 4.79 Å². The molecule has 6 rings (SSSR count).